The van der Waals surface area contributed by atoms with Gasteiger partial charge in [-0.2, -0.15) is 0 Å². The molecule has 0 spiro atoms. The number of hydrogen-bond donors (Lipinski definition) is 1. The number of nitrogen functional groups attached to an aromatic ring is 1. The number of aromatic nitrogens is 1. The van der Waals surface area contributed by atoms with Gasteiger partial charge in [0.1, 0.15) is 17.1 Å². The quantitative estimate of drug-likeness (QED) is 0.224. The van der Waals surface area contributed by atoms with E-state index < -0.39 is 0 Å². The molecule has 1 aliphatic heterocycles. The Balaban J connectivity index is 0.000000272. The number of carbonyl (C=O) groups excluding carboxylic acids is 1. The molecule has 212 valence electrons. The minimum Gasteiger partial charge on any atom is -0.497 e. The fraction of sp³-hybridized carbons (Fsp3) is 0.429. The maximum absolute atomic E-state index is 11.5. The Morgan fingerprint density at radius 2 is 2.00 bits per heavy atom. The molecule has 39 heavy (non-hydrogen) atoms. The molecular weight excluding hydrogens is 556 g/mol. The molecule has 2 heterocycles. The van der Waals surface area contributed by atoms with E-state index in [0.29, 0.717) is 23.2 Å². The van der Waals surface area contributed by atoms with Crippen LogP contribution in [-0.4, -0.2) is 48.9 Å². The van der Waals surface area contributed by atoms with Gasteiger partial charge in [-0.1, -0.05) is 18.5 Å². The number of halogens is 1. The Labute approximate surface area is 244 Å². The summed E-state index contributed by atoms with van der Waals surface area (Å²) in [5.41, 5.74) is 7.03. The zero-order valence-electron chi connectivity index (χ0n) is 23.3. The van der Waals surface area contributed by atoms with Crippen LogP contribution in [-0.2, 0) is 11.3 Å². The number of benzene rings is 2. The van der Waals surface area contributed by atoms with Crippen LogP contribution in [0.15, 0.2) is 52.9 Å². The highest BCUT2D eigenvalue weighted by molar-refractivity contribution is 8.00. The Bertz CT molecular complexity index is 1220. The van der Waals surface area contributed by atoms with E-state index in [0.717, 1.165) is 46.6 Å². The van der Waals surface area contributed by atoms with Gasteiger partial charge >= 0.3 is 6.09 Å². The third-order valence-corrected chi connectivity index (χ3v) is 7.93. The summed E-state index contributed by atoms with van der Waals surface area (Å²) in [6.07, 6.45) is 2.71. The maximum atomic E-state index is 11.5. The number of nitrogens with zero attached hydrogens (tertiary/aromatic N) is 3. The third kappa shape index (κ3) is 9.40. The zero-order chi connectivity index (χ0) is 28.6. The van der Waals surface area contributed by atoms with Crippen LogP contribution >= 0.6 is 34.9 Å². The van der Waals surface area contributed by atoms with Crippen LogP contribution in [0.1, 0.15) is 39.7 Å². The highest BCUT2D eigenvalue weighted by Gasteiger charge is 2.27. The Kier molecular flexibility index (Phi) is 11.0. The van der Waals surface area contributed by atoms with Crippen molar-refractivity contribution >= 4 is 51.8 Å². The monoisotopic (exact) mass is 592 g/mol. The van der Waals surface area contributed by atoms with Crippen molar-refractivity contribution in [1.82, 2.24) is 9.88 Å². The molecule has 1 fully saturated rings. The van der Waals surface area contributed by atoms with Gasteiger partial charge in [-0.15, -0.1) is 11.3 Å². The second-order valence-electron chi connectivity index (χ2n) is 10.1. The van der Waals surface area contributed by atoms with E-state index in [1.54, 1.807) is 54.7 Å². The van der Waals surface area contributed by atoms with Crippen LogP contribution < -0.4 is 19.5 Å². The lowest BCUT2D eigenvalue weighted by Gasteiger charge is -2.24. The van der Waals surface area contributed by atoms with Crippen molar-refractivity contribution in [2.45, 2.75) is 51.2 Å². The molecule has 1 aliphatic rings. The summed E-state index contributed by atoms with van der Waals surface area (Å²) in [6.45, 7) is 10.1. The lowest BCUT2D eigenvalue weighted by molar-refractivity contribution is 0.0289. The molecule has 0 saturated carbocycles. The minimum atomic E-state index is -0.372. The van der Waals surface area contributed by atoms with E-state index in [9.17, 15) is 4.79 Å². The normalized spacial score (nSPS) is 14.8. The summed E-state index contributed by atoms with van der Waals surface area (Å²) < 4.78 is 18.1. The molecule has 1 amide bonds. The third-order valence-electron chi connectivity index (χ3n) is 5.70. The van der Waals surface area contributed by atoms with Gasteiger partial charge in [-0.05, 0) is 75.4 Å². The summed E-state index contributed by atoms with van der Waals surface area (Å²) in [7, 11) is 3.29. The highest BCUT2D eigenvalue weighted by Crippen LogP contribution is 2.36. The number of carbonyl (C=O) groups is 1. The first kappa shape index (κ1) is 30.7. The van der Waals surface area contributed by atoms with Gasteiger partial charge in [0, 0.05) is 41.2 Å². The molecule has 0 unspecified atom stereocenters. The smallest absolute Gasteiger partial charge is 0.410 e. The van der Waals surface area contributed by atoms with E-state index in [1.807, 2.05) is 56.5 Å². The molecule has 3 aromatic rings. The van der Waals surface area contributed by atoms with Gasteiger partial charge in [-0.25, -0.2) is 9.78 Å². The number of nitrogens with two attached hydrogens (primary N) is 1. The molecular formula is C28H37ClN4O4S2. The molecule has 0 bridgehead atoms. The van der Waals surface area contributed by atoms with Gasteiger partial charge in [0.15, 0.2) is 5.13 Å². The molecule has 1 aromatic heterocycles. The molecule has 4 rings (SSSR count). The number of rotatable bonds is 7. The summed E-state index contributed by atoms with van der Waals surface area (Å²) in [5, 5.41) is 3.38. The number of anilines is 2. The van der Waals surface area contributed by atoms with E-state index >= 15 is 0 Å². The fourth-order valence-electron chi connectivity index (χ4n) is 3.73. The Morgan fingerprint density at radius 3 is 2.56 bits per heavy atom. The second-order valence-corrected chi connectivity index (χ2v) is 12.5. The van der Waals surface area contributed by atoms with Crippen molar-refractivity contribution in [3.8, 4) is 11.5 Å². The number of ether oxygens (including phenoxy) is 3. The molecule has 0 aliphatic carbocycles. The van der Waals surface area contributed by atoms with Crippen LogP contribution in [0.25, 0.3) is 0 Å². The van der Waals surface area contributed by atoms with Crippen molar-refractivity contribution in [3.05, 3.63) is 58.6 Å². The standard InChI is InChI=1S/C18H18ClN3O2S2.C10H19NO2/c1-23-13-4-3-12(17(9-13)24-2)11-22(18-21-7-8-25-18)26-14-5-6-16(20)15(19)10-14;1-8-5-6-11(7-8)9(12)13-10(2,3)4/h3-10H,11,20H2,1-2H3;8H,5-7H2,1-4H3/t;8-/m.1/s1. The van der Waals surface area contributed by atoms with Gasteiger partial charge < -0.3 is 24.8 Å². The average molecular weight is 593 g/mol. The van der Waals surface area contributed by atoms with Gasteiger partial charge in [-0.3, -0.25) is 4.31 Å². The van der Waals surface area contributed by atoms with Crippen molar-refractivity contribution < 1.29 is 19.0 Å². The number of amides is 1. The SMILES string of the molecule is COc1ccc(CN(Sc2ccc(N)c(Cl)c2)c2nccs2)c(OC)c1.C[C@@H]1CCN(C(=O)OC(C)(C)C)C1. The second kappa shape index (κ2) is 14.0. The lowest BCUT2D eigenvalue weighted by atomic mass is 10.2. The number of methoxy groups -OCH3 is 2. The minimum absolute atomic E-state index is 0.170. The summed E-state index contributed by atoms with van der Waals surface area (Å²) in [5.74, 6) is 2.14. The molecule has 2 aromatic carbocycles. The Hall–Kier alpha value is -2.82. The summed E-state index contributed by atoms with van der Waals surface area (Å²) in [4.78, 5) is 18.7. The van der Waals surface area contributed by atoms with E-state index in [-0.39, 0.29) is 11.7 Å². The zero-order valence-corrected chi connectivity index (χ0v) is 25.7. The van der Waals surface area contributed by atoms with Crippen LogP contribution in [0.4, 0.5) is 15.6 Å². The summed E-state index contributed by atoms with van der Waals surface area (Å²) in [6, 6.07) is 11.4. The van der Waals surface area contributed by atoms with Crippen molar-refractivity contribution in [3.63, 3.8) is 0 Å². The summed E-state index contributed by atoms with van der Waals surface area (Å²) >= 11 is 9.28. The first-order valence-electron chi connectivity index (χ1n) is 12.6. The van der Waals surface area contributed by atoms with Gasteiger partial charge in [0.25, 0.3) is 0 Å². The first-order valence-corrected chi connectivity index (χ1v) is 14.6. The number of hydrogen-bond acceptors (Lipinski definition) is 9. The fourth-order valence-corrected chi connectivity index (χ4v) is 5.65. The van der Waals surface area contributed by atoms with Gasteiger partial charge in [0.2, 0.25) is 0 Å². The predicted molar refractivity (Wildman–Crippen MR) is 161 cm³/mol. The van der Waals surface area contributed by atoms with E-state index in [4.69, 9.17) is 31.5 Å². The lowest BCUT2D eigenvalue weighted by Crippen LogP contribution is -2.35. The van der Waals surface area contributed by atoms with E-state index in [1.165, 1.54) is 0 Å². The van der Waals surface area contributed by atoms with Crippen LogP contribution in [0.5, 0.6) is 11.5 Å². The topological polar surface area (TPSA) is 90.2 Å². The van der Waals surface area contributed by atoms with Crippen LogP contribution in [0.2, 0.25) is 5.02 Å². The average Bonchev–Trinajstić information content (AvgIpc) is 3.58. The Morgan fingerprint density at radius 1 is 1.23 bits per heavy atom. The van der Waals surface area contributed by atoms with Crippen molar-refractivity contribution in [2.75, 3.05) is 37.3 Å². The predicted octanol–water partition coefficient (Wildman–Crippen LogP) is 7.37. The van der Waals surface area contributed by atoms with Crippen LogP contribution in [0.3, 0.4) is 0 Å². The first-order chi connectivity index (χ1) is 18.5. The number of likely N-dealkylation sites (tertiary alicyclic amines) is 1. The molecule has 2 N–H and O–H groups in total. The molecule has 0 radical (unpaired) electrons. The molecule has 1 atom stereocenters. The van der Waals surface area contributed by atoms with Crippen LogP contribution in [0, 0.1) is 5.92 Å². The van der Waals surface area contributed by atoms with Crippen molar-refractivity contribution in [1.29, 1.82) is 0 Å². The largest absolute Gasteiger partial charge is 0.497 e. The number of thiazole rings is 1. The van der Waals surface area contributed by atoms with Gasteiger partial charge in [0.05, 0.1) is 31.5 Å². The van der Waals surface area contributed by atoms with Crippen molar-refractivity contribution in [2.24, 2.45) is 5.92 Å². The molecule has 8 nitrogen and oxygen atoms in total. The maximum Gasteiger partial charge on any atom is 0.410 e. The van der Waals surface area contributed by atoms with E-state index in [2.05, 4.69) is 16.2 Å². The molecule has 1 saturated heterocycles. The highest BCUT2D eigenvalue weighted by atomic mass is 35.5. The molecule has 11 heteroatoms.